The highest BCUT2D eigenvalue weighted by molar-refractivity contribution is 14.0. The topological polar surface area (TPSA) is 56.7 Å². The van der Waals surface area contributed by atoms with Crippen LogP contribution in [0.4, 0.5) is 0 Å². The summed E-state index contributed by atoms with van der Waals surface area (Å²) in [5.41, 5.74) is 0. The fourth-order valence-corrected chi connectivity index (χ4v) is 2.47. The van der Waals surface area contributed by atoms with Gasteiger partial charge in [-0.25, -0.2) is 0 Å². The molecule has 1 aliphatic heterocycles. The Morgan fingerprint density at radius 2 is 2.24 bits per heavy atom. The van der Waals surface area contributed by atoms with Gasteiger partial charge in [-0.1, -0.05) is 13.0 Å². The Kier molecular flexibility index (Phi) is 11.4. The van der Waals surface area contributed by atoms with Crippen LogP contribution in [-0.2, 0) is 4.79 Å². The molecule has 0 aromatic heterocycles. The molecule has 21 heavy (non-hydrogen) atoms. The summed E-state index contributed by atoms with van der Waals surface area (Å²) < 4.78 is 0. The Bertz CT molecular complexity index is 347. The fraction of sp³-hybridized carbons (Fsp3) is 0.733. The maximum atomic E-state index is 11.8. The second-order valence-electron chi connectivity index (χ2n) is 4.97. The van der Waals surface area contributed by atoms with Crippen molar-refractivity contribution in [2.75, 3.05) is 26.2 Å². The van der Waals surface area contributed by atoms with E-state index in [1.165, 1.54) is 0 Å². The van der Waals surface area contributed by atoms with Crippen LogP contribution >= 0.6 is 24.0 Å². The third-order valence-electron chi connectivity index (χ3n) is 3.51. The highest BCUT2D eigenvalue weighted by Gasteiger charge is 2.26. The van der Waals surface area contributed by atoms with Gasteiger partial charge in [0.05, 0.1) is 0 Å². The minimum Gasteiger partial charge on any atom is -0.357 e. The standard InChI is InChI=1S/C15H28N4O.HI/c1-4-10-17-15(16-6-3)18-11-9-13(5-2)19-12-7-8-14(19)20;/h4,13H,1,5-12H2,2-3H3,(H2,16,17,18);1H. The predicted octanol–water partition coefficient (Wildman–Crippen LogP) is 2.14. The summed E-state index contributed by atoms with van der Waals surface area (Å²) in [6.45, 7) is 11.1. The molecule has 0 aromatic rings. The zero-order valence-electron chi connectivity index (χ0n) is 13.2. The van der Waals surface area contributed by atoms with Crippen molar-refractivity contribution in [3.8, 4) is 0 Å². The molecule has 1 aliphatic rings. The molecule has 122 valence electrons. The van der Waals surface area contributed by atoms with Gasteiger partial charge in [-0.05, 0) is 26.2 Å². The largest absolute Gasteiger partial charge is 0.357 e. The number of guanidine groups is 1. The van der Waals surface area contributed by atoms with Crippen molar-refractivity contribution < 1.29 is 4.79 Å². The number of nitrogens with zero attached hydrogens (tertiary/aromatic N) is 2. The molecule has 1 saturated heterocycles. The van der Waals surface area contributed by atoms with E-state index in [1.807, 2.05) is 17.9 Å². The van der Waals surface area contributed by atoms with Crippen molar-refractivity contribution in [3.63, 3.8) is 0 Å². The smallest absolute Gasteiger partial charge is 0.222 e. The van der Waals surface area contributed by atoms with Crippen molar-refractivity contribution in [1.82, 2.24) is 15.5 Å². The summed E-state index contributed by atoms with van der Waals surface area (Å²) in [5, 5.41) is 6.38. The van der Waals surface area contributed by atoms with Crippen LogP contribution in [-0.4, -0.2) is 49.0 Å². The molecule has 1 amide bonds. The van der Waals surface area contributed by atoms with Gasteiger partial charge in [0.2, 0.25) is 5.91 Å². The predicted molar refractivity (Wildman–Crippen MR) is 99.2 cm³/mol. The van der Waals surface area contributed by atoms with E-state index in [0.29, 0.717) is 24.9 Å². The molecule has 0 aromatic carbocycles. The Labute approximate surface area is 145 Å². The normalized spacial score (nSPS) is 16.4. The van der Waals surface area contributed by atoms with Gasteiger partial charge in [0.25, 0.3) is 0 Å². The minimum absolute atomic E-state index is 0. The van der Waals surface area contributed by atoms with Gasteiger partial charge in [0, 0.05) is 38.6 Å². The summed E-state index contributed by atoms with van der Waals surface area (Å²) in [6.07, 6.45) is 5.45. The van der Waals surface area contributed by atoms with E-state index in [2.05, 4.69) is 29.1 Å². The first-order valence-corrected chi connectivity index (χ1v) is 7.65. The number of hydrogen-bond acceptors (Lipinski definition) is 2. The first kappa shape index (κ1) is 20.2. The number of carbonyl (C=O) groups excluding carboxylic acids is 1. The van der Waals surface area contributed by atoms with Crippen LogP contribution in [0.15, 0.2) is 17.6 Å². The Hall–Kier alpha value is -0.790. The van der Waals surface area contributed by atoms with Gasteiger partial charge >= 0.3 is 0 Å². The van der Waals surface area contributed by atoms with Gasteiger partial charge in [0.1, 0.15) is 0 Å². The lowest BCUT2D eigenvalue weighted by molar-refractivity contribution is -0.129. The number of carbonyl (C=O) groups is 1. The van der Waals surface area contributed by atoms with Crippen molar-refractivity contribution in [2.45, 2.75) is 45.6 Å². The average Bonchev–Trinajstić information content (AvgIpc) is 2.87. The molecule has 0 bridgehead atoms. The lowest BCUT2D eigenvalue weighted by Crippen LogP contribution is -2.38. The van der Waals surface area contributed by atoms with Gasteiger partial charge < -0.3 is 15.5 Å². The lowest BCUT2D eigenvalue weighted by Gasteiger charge is -2.26. The summed E-state index contributed by atoms with van der Waals surface area (Å²) in [4.78, 5) is 18.3. The molecule has 1 heterocycles. The highest BCUT2D eigenvalue weighted by Crippen LogP contribution is 2.17. The number of amides is 1. The van der Waals surface area contributed by atoms with Crippen molar-refractivity contribution >= 4 is 35.8 Å². The van der Waals surface area contributed by atoms with Crippen LogP contribution in [0, 0.1) is 0 Å². The van der Waals surface area contributed by atoms with E-state index >= 15 is 0 Å². The van der Waals surface area contributed by atoms with Crippen molar-refractivity contribution in [2.24, 2.45) is 4.99 Å². The molecule has 0 radical (unpaired) electrons. The van der Waals surface area contributed by atoms with Crippen LogP contribution in [0.25, 0.3) is 0 Å². The minimum atomic E-state index is 0. The van der Waals surface area contributed by atoms with Crippen LogP contribution in [0.2, 0.25) is 0 Å². The van der Waals surface area contributed by atoms with Gasteiger partial charge in [-0.2, -0.15) is 0 Å². The first-order chi connectivity index (χ1) is 9.72. The van der Waals surface area contributed by atoms with Gasteiger partial charge in [0.15, 0.2) is 5.96 Å². The monoisotopic (exact) mass is 408 g/mol. The van der Waals surface area contributed by atoms with E-state index in [9.17, 15) is 4.79 Å². The quantitative estimate of drug-likeness (QED) is 0.280. The number of aliphatic imine (C=N–C) groups is 1. The molecule has 1 unspecified atom stereocenters. The lowest BCUT2D eigenvalue weighted by atomic mass is 10.1. The molecular weight excluding hydrogens is 379 g/mol. The molecule has 0 spiro atoms. The number of halogens is 1. The van der Waals surface area contributed by atoms with Crippen molar-refractivity contribution in [1.29, 1.82) is 0 Å². The zero-order valence-corrected chi connectivity index (χ0v) is 15.6. The number of nitrogens with one attached hydrogen (secondary N) is 2. The molecule has 1 fully saturated rings. The number of hydrogen-bond donors (Lipinski definition) is 2. The summed E-state index contributed by atoms with van der Waals surface area (Å²) >= 11 is 0. The van der Waals surface area contributed by atoms with E-state index in [0.717, 1.165) is 44.9 Å². The first-order valence-electron chi connectivity index (χ1n) is 7.65. The molecule has 2 N–H and O–H groups in total. The zero-order chi connectivity index (χ0) is 14.8. The Balaban J connectivity index is 0.00000400. The van der Waals surface area contributed by atoms with Crippen molar-refractivity contribution in [3.05, 3.63) is 12.7 Å². The third-order valence-corrected chi connectivity index (χ3v) is 3.51. The maximum absolute atomic E-state index is 11.8. The Morgan fingerprint density at radius 1 is 1.48 bits per heavy atom. The van der Waals surface area contributed by atoms with E-state index in [-0.39, 0.29) is 24.0 Å². The summed E-state index contributed by atoms with van der Waals surface area (Å²) in [5.74, 6) is 1.12. The molecule has 1 atom stereocenters. The van der Waals surface area contributed by atoms with Crippen LogP contribution < -0.4 is 10.6 Å². The van der Waals surface area contributed by atoms with E-state index in [4.69, 9.17) is 0 Å². The van der Waals surface area contributed by atoms with E-state index < -0.39 is 0 Å². The van der Waals surface area contributed by atoms with Gasteiger partial charge in [-0.3, -0.25) is 9.79 Å². The molecular formula is C15H29IN4O. The number of likely N-dealkylation sites (tertiary alicyclic amines) is 1. The summed E-state index contributed by atoms with van der Waals surface area (Å²) in [7, 11) is 0. The van der Waals surface area contributed by atoms with E-state index in [1.54, 1.807) is 0 Å². The number of rotatable bonds is 8. The SMILES string of the molecule is C=CCNC(=NCCC(CC)N1CCCC1=O)NCC.I. The van der Waals surface area contributed by atoms with Crippen LogP contribution in [0.3, 0.4) is 0 Å². The van der Waals surface area contributed by atoms with Crippen LogP contribution in [0.5, 0.6) is 0 Å². The molecule has 0 aliphatic carbocycles. The molecule has 0 saturated carbocycles. The Morgan fingerprint density at radius 3 is 2.76 bits per heavy atom. The fourth-order valence-electron chi connectivity index (χ4n) is 2.47. The molecule has 5 nitrogen and oxygen atoms in total. The molecule has 6 heteroatoms. The van der Waals surface area contributed by atoms with Gasteiger partial charge in [-0.15, -0.1) is 30.6 Å². The molecule has 1 rings (SSSR count). The highest BCUT2D eigenvalue weighted by atomic mass is 127. The maximum Gasteiger partial charge on any atom is 0.222 e. The second kappa shape index (κ2) is 11.8. The van der Waals surface area contributed by atoms with Crippen LogP contribution in [0.1, 0.15) is 39.5 Å². The second-order valence-corrected chi connectivity index (χ2v) is 4.97. The average molecular weight is 408 g/mol. The summed E-state index contributed by atoms with van der Waals surface area (Å²) in [6, 6.07) is 0.330. The third kappa shape index (κ3) is 7.15.